The number of sulfonamides is 1. The number of hydrogen-bond donors (Lipinski definition) is 1. The van der Waals surface area contributed by atoms with E-state index in [9.17, 15) is 13.2 Å². The number of benzene rings is 2. The molecule has 1 N–H and O–H groups in total. The first kappa shape index (κ1) is 25.2. The molecule has 2 aromatic carbocycles. The van der Waals surface area contributed by atoms with Gasteiger partial charge in [0.1, 0.15) is 5.75 Å². The van der Waals surface area contributed by atoms with Crippen LogP contribution in [0.3, 0.4) is 0 Å². The summed E-state index contributed by atoms with van der Waals surface area (Å²) >= 11 is 0. The largest absolute Gasteiger partial charge is 0.494 e. The van der Waals surface area contributed by atoms with Gasteiger partial charge in [-0.2, -0.15) is 0 Å². The molecule has 0 aliphatic carbocycles. The zero-order chi connectivity index (χ0) is 23.5. The maximum absolute atomic E-state index is 12.8. The lowest BCUT2D eigenvalue weighted by Crippen LogP contribution is -2.46. The highest BCUT2D eigenvalue weighted by atomic mass is 32.2. The molecule has 180 valence electrons. The molecule has 2 aromatic rings. The smallest absolute Gasteiger partial charge is 0.224 e. The van der Waals surface area contributed by atoms with E-state index in [4.69, 9.17) is 4.74 Å². The van der Waals surface area contributed by atoms with Gasteiger partial charge >= 0.3 is 0 Å². The molecule has 1 atom stereocenters. The predicted molar refractivity (Wildman–Crippen MR) is 132 cm³/mol. The number of nitrogens with one attached hydrogen (secondary N) is 1. The summed E-state index contributed by atoms with van der Waals surface area (Å²) in [7, 11) is -3.35. The van der Waals surface area contributed by atoms with Crippen molar-refractivity contribution in [3.8, 4) is 5.75 Å². The summed E-state index contributed by atoms with van der Waals surface area (Å²) in [5.41, 5.74) is 2.28. The molecule has 1 fully saturated rings. The number of piperidine rings is 1. The van der Waals surface area contributed by atoms with Gasteiger partial charge in [0.25, 0.3) is 0 Å². The molecule has 0 saturated carbocycles. The minimum Gasteiger partial charge on any atom is -0.494 e. The van der Waals surface area contributed by atoms with Gasteiger partial charge in [0.15, 0.2) is 0 Å². The number of carbonyl (C=O) groups excluding carboxylic acids is 1. The molecule has 0 bridgehead atoms. The normalized spacial score (nSPS) is 16.9. The van der Waals surface area contributed by atoms with Crippen LogP contribution in [0.5, 0.6) is 5.75 Å². The first-order valence-corrected chi connectivity index (χ1v) is 13.6. The summed E-state index contributed by atoms with van der Waals surface area (Å²) in [6.07, 6.45) is 4.41. The predicted octanol–water partition coefficient (Wildman–Crippen LogP) is 3.81. The lowest BCUT2D eigenvalue weighted by molar-refractivity contribution is -0.126. The fourth-order valence-corrected chi connectivity index (χ4v) is 5.86. The standard InChI is InChI=1S/C26H36N2O4S/c1-2-32-25-17-7-6-14-23(25)15-8-18-27-26(29)24-16-9-19-28(21-24)33(30,31)20-10-13-22-11-4-3-5-12-22/h3-7,11-12,14,17,24H,2,8-10,13,15-16,18-21H2,1H3,(H,27,29). The van der Waals surface area contributed by atoms with Gasteiger partial charge in [-0.3, -0.25) is 4.79 Å². The molecule has 0 radical (unpaired) electrons. The summed E-state index contributed by atoms with van der Waals surface area (Å²) in [6.45, 7) is 3.95. The quantitative estimate of drug-likeness (QED) is 0.477. The zero-order valence-corrected chi connectivity index (χ0v) is 20.4. The molecule has 1 amide bonds. The number of aryl methyl sites for hydroxylation is 2. The monoisotopic (exact) mass is 472 g/mol. The van der Waals surface area contributed by atoms with Crippen molar-refractivity contribution in [3.63, 3.8) is 0 Å². The Bertz CT molecular complexity index is 979. The van der Waals surface area contributed by atoms with E-state index in [0.29, 0.717) is 26.1 Å². The van der Waals surface area contributed by atoms with Gasteiger partial charge in [-0.1, -0.05) is 48.5 Å². The van der Waals surface area contributed by atoms with E-state index in [0.717, 1.165) is 49.0 Å². The molecular weight excluding hydrogens is 436 g/mol. The van der Waals surface area contributed by atoms with E-state index in [-0.39, 0.29) is 24.1 Å². The van der Waals surface area contributed by atoms with Crippen LogP contribution in [0.1, 0.15) is 43.7 Å². The topological polar surface area (TPSA) is 75.7 Å². The van der Waals surface area contributed by atoms with Crippen molar-refractivity contribution < 1.29 is 17.9 Å². The Hall–Kier alpha value is -2.38. The molecule has 0 aromatic heterocycles. The van der Waals surface area contributed by atoms with Crippen LogP contribution in [0.4, 0.5) is 0 Å². The van der Waals surface area contributed by atoms with Crippen LogP contribution in [0.2, 0.25) is 0 Å². The number of ether oxygens (including phenoxy) is 1. The van der Waals surface area contributed by atoms with Crippen molar-refractivity contribution in [1.29, 1.82) is 0 Å². The Morgan fingerprint density at radius 3 is 2.61 bits per heavy atom. The zero-order valence-electron chi connectivity index (χ0n) is 19.5. The summed E-state index contributed by atoms with van der Waals surface area (Å²) in [6, 6.07) is 17.9. The highest BCUT2D eigenvalue weighted by Gasteiger charge is 2.31. The third-order valence-electron chi connectivity index (χ3n) is 6.05. The number of hydrogen-bond acceptors (Lipinski definition) is 4. The molecule has 0 spiro atoms. The summed E-state index contributed by atoms with van der Waals surface area (Å²) in [5, 5.41) is 3.01. The van der Waals surface area contributed by atoms with Crippen LogP contribution >= 0.6 is 0 Å². The van der Waals surface area contributed by atoms with Crippen molar-refractivity contribution in [2.75, 3.05) is 32.0 Å². The van der Waals surface area contributed by atoms with Gasteiger partial charge in [0, 0.05) is 19.6 Å². The number of nitrogens with zero attached hydrogens (tertiary/aromatic N) is 1. The first-order chi connectivity index (χ1) is 16.0. The number of rotatable bonds is 12. The van der Waals surface area contributed by atoms with Crippen molar-refractivity contribution in [2.24, 2.45) is 5.92 Å². The third-order valence-corrected chi connectivity index (χ3v) is 7.98. The minimum absolute atomic E-state index is 0.0442. The lowest BCUT2D eigenvalue weighted by atomic mass is 9.99. The molecule has 1 aliphatic rings. The second-order valence-corrected chi connectivity index (χ2v) is 10.6. The third kappa shape index (κ3) is 7.86. The van der Waals surface area contributed by atoms with E-state index in [1.54, 1.807) is 0 Å². The summed E-state index contributed by atoms with van der Waals surface area (Å²) < 4.78 is 32.8. The van der Waals surface area contributed by atoms with E-state index >= 15 is 0 Å². The van der Waals surface area contributed by atoms with Crippen LogP contribution in [0, 0.1) is 5.92 Å². The first-order valence-electron chi connectivity index (χ1n) is 12.0. The van der Waals surface area contributed by atoms with Gasteiger partial charge < -0.3 is 10.1 Å². The van der Waals surface area contributed by atoms with Gasteiger partial charge in [0.2, 0.25) is 15.9 Å². The van der Waals surface area contributed by atoms with Crippen LogP contribution in [0.25, 0.3) is 0 Å². The molecule has 7 heteroatoms. The Kier molecular flexibility index (Phi) is 9.76. The Labute approximate surface area is 198 Å². The average molecular weight is 473 g/mol. The van der Waals surface area contributed by atoms with E-state index in [1.807, 2.05) is 55.5 Å². The van der Waals surface area contributed by atoms with Gasteiger partial charge in [-0.05, 0) is 62.6 Å². The van der Waals surface area contributed by atoms with Crippen molar-refractivity contribution in [1.82, 2.24) is 9.62 Å². The molecule has 33 heavy (non-hydrogen) atoms. The average Bonchev–Trinajstić information content (AvgIpc) is 2.83. The molecule has 1 saturated heterocycles. The number of carbonyl (C=O) groups is 1. The van der Waals surface area contributed by atoms with Crippen LogP contribution in [0.15, 0.2) is 54.6 Å². The number of amides is 1. The highest BCUT2D eigenvalue weighted by Crippen LogP contribution is 2.21. The molecule has 1 unspecified atom stereocenters. The van der Waals surface area contributed by atoms with Gasteiger partial charge in [-0.25, -0.2) is 12.7 Å². The lowest BCUT2D eigenvalue weighted by Gasteiger charge is -2.31. The molecule has 1 heterocycles. The molecule has 6 nitrogen and oxygen atoms in total. The molecule has 1 aliphatic heterocycles. The van der Waals surface area contributed by atoms with Gasteiger partial charge in [0.05, 0.1) is 18.3 Å². The maximum atomic E-state index is 12.8. The van der Waals surface area contributed by atoms with Crippen molar-refractivity contribution in [2.45, 2.75) is 45.4 Å². The SMILES string of the molecule is CCOc1ccccc1CCCNC(=O)C1CCCN(S(=O)(=O)CCCc2ccccc2)C1. The summed E-state index contributed by atoms with van der Waals surface area (Å²) in [4.78, 5) is 12.7. The highest BCUT2D eigenvalue weighted by molar-refractivity contribution is 7.89. The second kappa shape index (κ2) is 12.8. The van der Waals surface area contributed by atoms with Crippen LogP contribution < -0.4 is 10.1 Å². The fraction of sp³-hybridized carbons (Fsp3) is 0.500. The van der Waals surface area contributed by atoms with E-state index in [2.05, 4.69) is 11.4 Å². The molecular formula is C26H36N2O4S. The van der Waals surface area contributed by atoms with Crippen LogP contribution in [-0.2, 0) is 27.7 Å². The minimum atomic E-state index is -3.35. The Balaban J connectivity index is 1.42. The Morgan fingerprint density at radius 2 is 1.82 bits per heavy atom. The van der Waals surface area contributed by atoms with Crippen LogP contribution in [-0.4, -0.2) is 50.6 Å². The summed E-state index contributed by atoms with van der Waals surface area (Å²) in [5.74, 6) is 0.692. The Morgan fingerprint density at radius 1 is 1.06 bits per heavy atom. The molecule has 3 rings (SSSR count). The van der Waals surface area contributed by atoms with E-state index < -0.39 is 10.0 Å². The number of para-hydroxylation sites is 1. The van der Waals surface area contributed by atoms with E-state index in [1.165, 1.54) is 4.31 Å². The van der Waals surface area contributed by atoms with Crippen molar-refractivity contribution in [3.05, 3.63) is 65.7 Å². The van der Waals surface area contributed by atoms with Crippen molar-refractivity contribution >= 4 is 15.9 Å². The maximum Gasteiger partial charge on any atom is 0.224 e. The second-order valence-electron chi connectivity index (χ2n) is 8.54. The van der Waals surface area contributed by atoms with Gasteiger partial charge in [-0.15, -0.1) is 0 Å². The fourth-order valence-electron chi connectivity index (χ4n) is 4.28.